The summed E-state index contributed by atoms with van der Waals surface area (Å²) in [5.41, 5.74) is 2.56. The van der Waals surface area contributed by atoms with Gasteiger partial charge in [-0.3, -0.25) is 0 Å². The number of pyridine rings is 1. The normalized spacial score (nSPS) is 15.6. The third-order valence-electron chi connectivity index (χ3n) is 6.16. The monoisotopic (exact) mass is 419 g/mol. The molecule has 6 nitrogen and oxygen atoms in total. The van der Waals surface area contributed by atoms with Crippen LogP contribution >= 0.6 is 0 Å². The average molecular weight is 420 g/mol. The van der Waals surface area contributed by atoms with Crippen molar-refractivity contribution in [1.29, 1.82) is 0 Å². The fourth-order valence-electron chi connectivity index (χ4n) is 4.36. The van der Waals surface area contributed by atoms with E-state index in [1.54, 1.807) is 12.5 Å². The van der Waals surface area contributed by atoms with Crippen LogP contribution in [0.2, 0.25) is 0 Å². The van der Waals surface area contributed by atoms with Crippen LogP contribution in [-0.4, -0.2) is 29.3 Å². The van der Waals surface area contributed by atoms with E-state index in [1.807, 2.05) is 36.5 Å². The Bertz CT molecular complexity index is 945. The van der Waals surface area contributed by atoms with E-state index in [4.69, 9.17) is 9.15 Å². The van der Waals surface area contributed by atoms with Gasteiger partial charge in [-0.15, -0.1) is 0 Å². The molecule has 3 heterocycles. The highest BCUT2D eigenvalue weighted by atomic mass is 16.5. The summed E-state index contributed by atoms with van der Waals surface area (Å²) >= 11 is 0. The number of nitrogens with zero attached hydrogens (tertiary/aromatic N) is 3. The van der Waals surface area contributed by atoms with Gasteiger partial charge >= 0.3 is 0 Å². The molecule has 6 heteroatoms. The average Bonchev–Trinajstić information content (AvgIpc) is 3.32. The number of benzene rings is 1. The lowest BCUT2D eigenvalue weighted by Crippen LogP contribution is -2.41. The second-order valence-corrected chi connectivity index (χ2v) is 8.46. The quantitative estimate of drug-likeness (QED) is 0.343. The molecule has 0 spiro atoms. The number of aryl methyl sites for hydroxylation is 1. The molecule has 0 amide bonds. The smallest absolute Gasteiger partial charge is 0.297 e. The fourth-order valence-corrected chi connectivity index (χ4v) is 4.36. The Hall–Kier alpha value is -3.15. The summed E-state index contributed by atoms with van der Waals surface area (Å²) in [7, 11) is 0. The first-order valence-corrected chi connectivity index (χ1v) is 10.9. The molecule has 1 fully saturated rings. The van der Waals surface area contributed by atoms with Crippen LogP contribution in [0.3, 0.4) is 0 Å². The first-order chi connectivity index (χ1) is 15.2. The highest BCUT2D eigenvalue weighted by Gasteiger charge is 2.35. The molecule has 1 aromatic carbocycles. The number of carbonyl (C=O) groups excluding carboxylic acids is 1. The minimum atomic E-state index is 0.160. The van der Waals surface area contributed by atoms with Crippen LogP contribution in [0.4, 0.5) is 6.01 Å². The second-order valence-electron chi connectivity index (χ2n) is 8.46. The largest absolute Gasteiger partial charge is 0.439 e. The molecule has 0 atom stereocenters. The molecule has 0 radical (unpaired) electrons. The molecule has 1 aliphatic rings. The molecule has 0 bridgehead atoms. The number of rotatable bonds is 9. The summed E-state index contributed by atoms with van der Waals surface area (Å²) in [6.07, 6.45) is 11.8. The Balaban J connectivity index is 1.41. The lowest BCUT2D eigenvalue weighted by atomic mass is 9.71. The molecule has 4 rings (SSSR count). The maximum Gasteiger partial charge on any atom is 0.297 e. The van der Waals surface area contributed by atoms with Gasteiger partial charge in [-0.1, -0.05) is 23.8 Å². The summed E-state index contributed by atoms with van der Waals surface area (Å²) in [5.74, 6) is 1.39. The predicted octanol–water partition coefficient (Wildman–Crippen LogP) is 5.37. The number of aldehydes is 1. The van der Waals surface area contributed by atoms with Gasteiger partial charge in [-0.25, -0.2) is 9.97 Å². The number of carbonyl (C=O) groups is 1. The van der Waals surface area contributed by atoms with E-state index in [0.717, 1.165) is 57.2 Å². The molecule has 2 aromatic heterocycles. The Morgan fingerprint density at radius 2 is 1.94 bits per heavy atom. The highest BCUT2D eigenvalue weighted by Crippen LogP contribution is 2.40. The van der Waals surface area contributed by atoms with Crippen LogP contribution in [0, 0.1) is 12.3 Å². The second kappa shape index (κ2) is 9.77. The van der Waals surface area contributed by atoms with Gasteiger partial charge < -0.3 is 18.8 Å². The molecule has 1 saturated heterocycles. The fraction of sp³-hybridized carbons (Fsp3) is 0.400. The van der Waals surface area contributed by atoms with Crippen LogP contribution < -0.4 is 9.64 Å². The molecule has 0 N–H and O–H groups in total. The minimum absolute atomic E-state index is 0.160. The summed E-state index contributed by atoms with van der Waals surface area (Å²) in [6, 6.07) is 12.7. The first-order valence-electron chi connectivity index (χ1n) is 10.9. The minimum Gasteiger partial charge on any atom is -0.439 e. The van der Waals surface area contributed by atoms with Crippen molar-refractivity contribution in [3.05, 3.63) is 66.2 Å². The molecule has 31 heavy (non-hydrogen) atoms. The van der Waals surface area contributed by atoms with E-state index < -0.39 is 0 Å². The lowest BCUT2D eigenvalue weighted by molar-refractivity contribution is -0.108. The number of ether oxygens (including phenoxy) is 1. The third-order valence-corrected chi connectivity index (χ3v) is 6.16. The number of unbranched alkanes of at least 4 members (excludes halogenated alkanes) is 1. The van der Waals surface area contributed by atoms with Gasteiger partial charge in [-0.05, 0) is 62.1 Å². The zero-order valence-corrected chi connectivity index (χ0v) is 18.0. The zero-order chi connectivity index (χ0) is 21.5. The van der Waals surface area contributed by atoms with Crippen molar-refractivity contribution in [3.63, 3.8) is 0 Å². The Morgan fingerprint density at radius 1 is 1.13 bits per heavy atom. The molecular weight excluding hydrogens is 390 g/mol. The van der Waals surface area contributed by atoms with Crippen LogP contribution in [-0.2, 0) is 11.2 Å². The number of oxazole rings is 1. The van der Waals surface area contributed by atoms with Crippen molar-refractivity contribution in [2.24, 2.45) is 5.41 Å². The van der Waals surface area contributed by atoms with E-state index in [0.29, 0.717) is 18.3 Å². The number of anilines is 1. The van der Waals surface area contributed by atoms with Crippen molar-refractivity contribution in [3.8, 4) is 11.6 Å². The SMILES string of the molecule is Cc1ccc(Oc2ccc(CC3(CCCC=O)CCN(c4ncco4)CC3)cn2)cc1. The molecule has 0 aliphatic carbocycles. The van der Waals surface area contributed by atoms with Gasteiger partial charge in [0.15, 0.2) is 0 Å². The Kier molecular flexibility index (Phi) is 6.65. The Morgan fingerprint density at radius 3 is 2.58 bits per heavy atom. The van der Waals surface area contributed by atoms with E-state index in [9.17, 15) is 4.79 Å². The van der Waals surface area contributed by atoms with Crippen LogP contribution in [0.5, 0.6) is 11.6 Å². The maximum absolute atomic E-state index is 10.9. The van der Waals surface area contributed by atoms with Crippen molar-refractivity contribution in [2.45, 2.75) is 45.4 Å². The molecule has 162 valence electrons. The number of piperidine rings is 1. The van der Waals surface area contributed by atoms with Crippen molar-refractivity contribution >= 4 is 12.3 Å². The van der Waals surface area contributed by atoms with Gasteiger partial charge in [0, 0.05) is 31.8 Å². The van der Waals surface area contributed by atoms with E-state index in [-0.39, 0.29) is 5.41 Å². The molecule has 0 unspecified atom stereocenters. The van der Waals surface area contributed by atoms with Crippen LogP contribution in [0.25, 0.3) is 0 Å². The van der Waals surface area contributed by atoms with Gasteiger partial charge in [-0.2, -0.15) is 0 Å². The summed E-state index contributed by atoms with van der Waals surface area (Å²) in [5, 5.41) is 0. The molecule has 1 aliphatic heterocycles. The first kappa shape index (κ1) is 21.1. The van der Waals surface area contributed by atoms with Crippen molar-refractivity contribution in [2.75, 3.05) is 18.0 Å². The molecular formula is C25H29N3O3. The molecule has 0 saturated carbocycles. The van der Waals surface area contributed by atoms with Crippen LogP contribution in [0.15, 0.2) is 59.5 Å². The van der Waals surface area contributed by atoms with E-state index in [1.165, 1.54) is 11.1 Å². The van der Waals surface area contributed by atoms with Crippen LogP contribution in [0.1, 0.15) is 43.2 Å². The molecule has 3 aromatic rings. The van der Waals surface area contributed by atoms with E-state index in [2.05, 4.69) is 27.9 Å². The predicted molar refractivity (Wildman–Crippen MR) is 119 cm³/mol. The maximum atomic E-state index is 10.9. The van der Waals surface area contributed by atoms with Gasteiger partial charge in [0.05, 0.1) is 6.20 Å². The van der Waals surface area contributed by atoms with Crippen molar-refractivity contribution in [1.82, 2.24) is 9.97 Å². The third kappa shape index (κ3) is 5.51. The lowest BCUT2D eigenvalue weighted by Gasteiger charge is -2.41. The summed E-state index contributed by atoms with van der Waals surface area (Å²) in [6.45, 7) is 3.87. The van der Waals surface area contributed by atoms with Gasteiger partial charge in [0.1, 0.15) is 18.3 Å². The van der Waals surface area contributed by atoms with E-state index >= 15 is 0 Å². The topological polar surface area (TPSA) is 68.5 Å². The Labute approximate surface area is 183 Å². The summed E-state index contributed by atoms with van der Waals surface area (Å²) in [4.78, 5) is 21.9. The number of hydrogen-bond acceptors (Lipinski definition) is 6. The summed E-state index contributed by atoms with van der Waals surface area (Å²) < 4.78 is 11.3. The number of hydrogen-bond donors (Lipinski definition) is 0. The zero-order valence-electron chi connectivity index (χ0n) is 18.0. The standard InChI is InChI=1S/C25H29N3O3/c1-20-4-7-22(8-5-20)31-23-9-6-21(19-27-23)18-25(10-2-3-16-29)11-14-28(15-12-25)24-26-13-17-30-24/h4-9,13,16-17,19H,2-3,10-12,14-15,18H2,1H3. The van der Waals surface area contributed by atoms with Crippen molar-refractivity contribution < 1.29 is 13.9 Å². The van der Waals surface area contributed by atoms with Gasteiger partial charge in [0.25, 0.3) is 6.01 Å². The van der Waals surface area contributed by atoms with Gasteiger partial charge in [0.2, 0.25) is 5.88 Å². The highest BCUT2D eigenvalue weighted by molar-refractivity contribution is 5.49. The number of aromatic nitrogens is 2.